The Kier molecular flexibility index (Phi) is 6.36. The summed E-state index contributed by atoms with van der Waals surface area (Å²) in [5.41, 5.74) is 1.05. The molecule has 0 bridgehead atoms. The first-order valence-electron chi connectivity index (χ1n) is 9.74. The number of ether oxygens (including phenoxy) is 1. The highest BCUT2D eigenvalue weighted by molar-refractivity contribution is 7.71. The van der Waals surface area contributed by atoms with Gasteiger partial charge in [-0.05, 0) is 48.6 Å². The maximum absolute atomic E-state index is 13.1. The Morgan fingerprint density at radius 3 is 2.47 bits per heavy atom. The molecule has 0 atom stereocenters. The molecule has 0 aliphatic carbocycles. The summed E-state index contributed by atoms with van der Waals surface area (Å²) < 4.78 is 23.3. The Morgan fingerprint density at radius 1 is 1.07 bits per heavy atom. The Bertz CT molecular complexity index is 1060. The number of halogens is 2. The summed E-state index contributed by atoms with van der Waals surface area (Å²) in [5.74, 6) is 1.15. The third kappa shape index (κ3) is 4.66. The van der Waals surface area contributed by atoms with E-state index in [2.05, 4.69) is 14.9 Å². The monoisotopic (exact) mass is 447 g/mol. The zero-order valence-electron chi connectivity index (χ0n) is 16.7. The number of piperazine rings is 1. The normalized spacial score (nSPS) is 14.8. The number of para-hydroxylation sites is 1. The Balaban J connectivity index is 1.36. The van der Waals surface area contributed by atoms with Crippen LogP contribution in [0, 0.1) is 10.6 Å². The molecule has 2 aromatic carbocycles. The molecule has 30 heavy (non-hydrogen) atoms. The average molecular weight is 448 g/mol. The van der Waals surface area contributed by atoms with E-state index in [1.165, 1.54) is 12.1 Å². The van der Waals surface area contributed by atoms with Crippen LogP contribution in [0.1, 0.15) is 5.82 Å². The molecule has 0 spiro atoms. The summed E-state index contributed by atoms with van der Waals surface area (Å²) in [4.78, 5) is 4.57. The molecular weight excluding hydrogens is 425 g/mol. The lowest BCUT2D eigenvalue weighted by Gasteiger charge is -2.35. The fourth-order valence-corrected chi connectivity index (χ4v) is 3.84. The number of benzene rings is 2. The fraction of sp³-hybridized carbons (Fsp3) is 0.333. The van der Waals surface area contributed by atoms with E-state index in [-0.39, 0.29) is 12.4 Å². The number of hydrogen-bond acceptors (Lipinski definition) is 5. The van der Waals surface area contributed by atoms with Gasteiger partial charge in [-0.15, -0.1) is 0 Å². The van der Waals surface area contributed by atoms with Gasteiger partial charge in [-0.25, -0.2) is 9.07 Å². The molecule has 0 radical (unpaired) electrons. The third-order valence-corrected chi connectivity index (χ3v) is 6.02. The van der Waals surface area contributed by atoms with Gasteiger partial charge in [-0.3, -0.25) is 4.90 Å². The lowest BCUT2D eigenvalue weighted by Crippen LogP contribution is -2.47. The van der Waals surface area contributed by atoms with Crippen LogP contribution in [0.25, 0.3) is 0 Å². The number of aromatic nitrogens is 3. The minimum atomic E-state index is -0.212. The smallest absolute Gasteiger partial charge is 0.198 e. The van der Waals surface area contributed by atoms with Crippen molar-refractivity contribution in [2.24, 2.45) is 7.05 Å². The van der Waals surface area contributed by atoms with Crippen molar-refractivity contribution in [3.05, 3.63) is 70.0 Å². The second kappa shape index (κ2) is 9.16. The second-order valence-electron chi connectivity index (χ2n) is 7.20. The van der Waals surface area contributed by atoms with E-state index in [0.29, 0.717) is 22.2 Å². The lowest BCUT2D eigenvalue weighted by atomic mass is 10.2. The summed E-state index contributed by atoms with van der Waals surface area (Å²) >= 11 is 11.7. The van der Waals surface area contributed by atoms with Crippen LogP contribution in [0.3, 0.4) is 0 Å². The van der Waals surface area contributed by atoms with Gasteiger partial charge in [0.15, 0.2) is 10.6 Å². The number of nitrogens with zero attached hydrogens (tertiary/aromatic N) is 5. The first-order valence-corrected chi connectivity index (χ1v) is 10.5. The molecule has 2 heterocycles. The van der Waals surface area contributed by atoms with Crippen molar-refractivity contribution in [3.63, 3.8) is 0 Å². The van der Waals surface area contributed by atoms with E-state index >= 15 is 0 Å². The molecule has 0 amide bonds. The molecule has 4 rings (SSSR count). The average Bonchev–Trinajstić information content (AvgIpc) is 3.02. The van der Waals surface area contributed by atoms with Gasteiger partial charge in [-0.2, -0.15) is 5.10 Å². The highest BCUT2D eigenvalue weighted by atomic mass is 35.5. The van der Waals surface area contributed by atoms with E-state index in [1.54, 1.807) is 6.07 Å². The lowest BCUT2D eigenvalue weighted by molar-refractivity contribution is 0.193. The summed E-state index contributed by atoms with van der Waals surface area (Å²) in [6.07, 6.45) is 0. The predicted molar refractivity (Wildman–Crippen MR) is 118 cm³/mol. The van der Waals surface area contributed by atoms with Crippen LogP contribution < -0.4 is 9.64 Å². The van der Waals surface area contributed by atoms with Crippen molar-refractivity contribution in [2.45, 2.75) is 13.3 Å². The van der Waals surface area contributed by atoms with Gasteiger partial charge < -0.3 is 14.2 Å². The van der Waals surface area contributed by atoms with Crippen molar-refractivity contribution in [2.75, 3.05) is 31.1 Å². The molecule has 3 aromatic rings. The van der Waals surface area contributed by atoms with Crippen LogP contribution in [0.4, 0.5) is 10.1 Å². The highest BCUT2D eigenvalue weighted by Crippen LogP contribution is 2.24. The molecule has 0 unspecified atom stereocenters. The van der Waals surface area contributed by atoms with Gasteiger partial charge in [0.2, 0.25) is 0 Å². The highest BCUT2D eigenvalue weighted by Gasteiger charge is 2.19. The number of anilines is 1. The minimum Gasteiger partial charge on any atom is -0.484 e. The van der Waals surface area contributed by atoms with Crippen LogP contribution in [-0.2, 0) is 20.3 Å². The van der Waals surface area contributed by atoms with E-state index < -0.39 is 0 Å². The molecule has 0 N–H and O–H groups in total. The molecule has 158 valence electrons. The van der Waals surface area contributed by atoms with Gasteiger partial charge in [0, 0.05) is 38.9 Å². The van der Waals surface area contributed by atoms with Crippen molar-refractivity contribution in [1.82, 2.24) is 19.2 Å². The zero-order valence-corrected chi connectivity index (χ0v) is 18.2. The van der Waals surface area contributed by atoms with Crippen LogP contribution in [0.2, 0.25) is 5.02 Å². The predicted octanol–water partition coefficient (Wildman–Crippen LogP) is 4.10. The van der Waals surface area contributed by atoms with Gasteiger partial charge in [0.25, 0.3) is 0 Å². The molecule has 0 saturated carbocycles. The number of rotatable bonds is 6. The second-order valence-corrected chi connectivity index (χ2v) is 7.97. The molecule has 1 fully saturated rings. The van der Waals surface area contributed by atoms with Crippen molar-refractivity contribution in [1.29, 1.82) is 0 Å². The maximum atomic E-state index is 13.1. The third-order valence-electron chi connectivity index (χ3n) is 5.22. The van der Waals surface area contributed by atoms with Crippen molar-refractivity contribution >= 4 is 29.5 Å². The summed E-state index contributed by atoms with van der Waals surface area (Å²) in [5, 5.41) is 5.21. The Hall–Kier alpha value is -2.42. The fourth-order valence-electron chi connectivity index (χ4n) is 3.44. The van der Waals surface area contributed by atoms with Gasteiger partial charge in [0.05, 0.1) is 11.7 Å². The standard InChI is InChI=1S/C21H23ClFN5OS/c1-25-20(14-29-19-5-3-2-4-18(19)22)24-28(21(25)30)15-26-10-12-27(13-11-26)17-8-6-16(23)7-9-17/h2-9H,10-15H2,1H3. The SMILES string of the molecule is Cn1c(COc2ccccc2Cl)nn(CN2CCN(c3ccc(F)cc3)CC2)c1=S. The van der Waals surface area contributed by atoms with Crippen molar-refractivity contribution < 1.29 is 9.13 Å². The first kappa shape index (κ1) is 20.8. The quantitative estimate of drug-likeness (QED) is 0.532. The van der Waals surface area contributed by atoms with Gasteiger partial charge in [0.1, 0.15) is 18.2 Å². The van der Waals surface area contributed by atoms with Crippen LogP contribution in [0.5, 0.6) is 5.75 Å². The van der Waals surface area contributed by atoms with Crippen LogP contribution in [-0.4, -0.2) is 45.4 Å². The summed E-state index contributed by atoms with van der Waals surface area (Å²) in [6, 6.07) is 14.0. The molecule has 1 aromatic heterocycles. The maximum Gasteiger partial charge on any atom is 0.198 e. The molecule has 1 aliphatic rings. The molecular formula is C21H23ClFN5OS. The molecule has 1 aliphatic heterocycles. The molecule has 9 heteroatoms. The van der Waals surface area contributed by atoms with Gasteiger partial charge >= 0.3 is 0 Å². The summed E-state index contributed by atoms with van der Waals surface area (Å²) in [7, 11) is 1.89. The Morgan fingerprint density at radius 2 is 1.77 bits per heavy atom. The largest absolute Gasteiger partial charge is 0.484 e. The van der Waals surface area contributed by atoms with Crippen LogP contribution in [0.15, 0.2) is 48.5 Å². The Labute approximate surface area is 185 Å². The van der Waals surface area contributed by atoms with E-state index in [4.69, 9.17) is 28.6 Å². The van der Waals surface area contributed by atoms with E-state index in [9.17, 15) is 4.39 Å². The first-order chi connectivity index (χ1) is 14.5. The molecule has 6 nitrogen and oxygen atoms in total. The minimum absolute atomic E-state index is 0.212. The van der Waals surface area contributed by atoms with E-state index in [1.807, 2.05) is 46.6 Å². The topological polar surface area (TPSA) is 38.5 Å². The van der Waals surface area contributed by atoms with Crippen molar-refractivity contribution in [3.8, 4) is 5.75 Å². The van der Waals surface area contributed by atoms with Crippen LogP contribution >= 0.6 is 23.8 Å². The van der Waals surface area contributed by atoms with E-state index in [0.717, 1.165) is 37.7 Å². The molecule has 1 saturated heterocycles. The number of hydrogen-bond donors (Lipinski definition) is 0. The zero-order chi connectivity index (χ0) is 21.1. The van der Waals surface area contributed by atoms with Gasteiger partial charge in [-0.1, -0.05) is 23.7 Å². The summed E-state index contributed by atoms with van der Waals surface area (Å²) in [6.45, 7) is 4.40.